The molecule has 0 aromatic rings. The lowest BCUT2D eigenvalue weighted by molar-refractivity contribution is -0.162. The lowest BCUT2D eigenvalue weighted by Crippen LogP contribution is -2.53. The van der Waals surface area contributed by atoms with E-state index in [-0.39, 0.29) is 46.3 Å². The molecule has 5 heteroatoms. The summed E-state index contributed by atoms with van der Waals surface area (Å²) in [7, 11) is 1.45. The Balaban J connectivity index is 1.63. The fourth-order valence-corrected chi connectivity index (χ4v) is 7.45. The zero-order chi connectivity index (χ0) is 20.6. The molecule has 156 valence electrons. The molecule has 4 aliphatic carbocycles. The summed E-state index contributed by atoms with van der Waals surface area (Å²) in [5.74, 6) is -0.0877. The second kappa shape index (κ2) is 6.05. The van der Waals surface area contributed by atoms with E-state index in [9.17, 15) is 14.4 Å². The van der Waals surface area contributed by atoms with Crippen molar-refractivity contribution < 1.29 is 23.9 Å². The van der Waals surface area contributed by atoms with Gasteiger partial charge in [0.15, 0.2) is 0 Å². The van der Waals surface area contributed by atoms with E-state index in [2.05, 4.69) is 26.0 Å². The van der Waals surface area contributed by atoms with Gasteiger partial charge in [-0.2, -0.15) is 0 Å². The maximum atomic E-state index is 12.9. The maximum absolute atomic E-state index is 12.9. The largest absolute Gasteiger partial charge is 0.469 e. The van der Waals surface area contributed by atoms with Gasteiger partial charge in [-0.1, -0.05) is 37.1 Å². The van der Waals surface area contributed by atoms with Gasteiger partial charge in [0.25, 0.3) is 0 Å². The van der Waals surface area contributed by atoms with Crippen LogP contribution in [0, 0.1) is 28.6 Å². The van der Waals surface area contributed by atoms with Crippen LogP contribution >= 0.6 is 0 Å². The molecule has 1 aliphatic heterocycles. The summed E-state index contributed by atoms with van der Waals surface area (Å²) in [5, 5.41) is 0. The topological polar surface area (TPSA) is 69.7 Å². The molecule has 0 aromatic heterocycles. The predicted molar refractivity (Wildman–Crippen MR) is 106 cm³/mol. The zero-order valence-corrected chi connectivity index (χ0v) is 17.6. The number of carbonyl (C=O) groups is 3. The molecule has 1 saturated heterocycles. The van der Waals surface area contributed by atoms with Crippen molar-refractivity contribution in [1.29, 1.82) is 0 Å². The van der Waals surface area contributed by atoms with Crippen LogP contribution in [0.4, 0.5) is 0 Å². The smallest absolute Gasteiger partial charge is 0.313 e. The van der Waals surface area contributed by atoms with Crippen molar-refractivity contribution in [2.24, 2.45) is 28.6 Å². The van der Waals surface area contributed by atoms with E-state index < -0.39 is 5.60 Å². The third-order valence-corrected chi connectivity index (χ3v) is 9.18. The molecular formula is C24H30O5. The van der Waals surface area contributed by atoms with Crippen molar-refractivity contribution in [3.05, 3.63) is 23.3 Å². The van der Waals surface area contributed by atoms with Crippen LogP contribution in [-0.4, -0.2) is 30.4 Å². The summed E-state index contributed by atoms with van der Waals surface area (Å²) in [4.78, 5) is 37.1. The molecule has 29 heavy (non-hydrogen) atoms. The van der Waals surface area contributed by atoms with Crippen molar-refractivity contribution in [2.75, 3.05) is 7.11 Å². The Hall–Kier alpha value is -1.91. The van der Waals surface area contributed by atoms with Crippen LogP contribution in [-0.2, 0) is 23.9 Å². The monoisotopic (exact) mass is 398 g/mol. The standard InChI is InChI=1S/C24H30O5/c1-22-8-4-15(25)12-14(22)13-16(21(27)28-3)20-17(22)5-9-23(2)18(20)6-10-24(23)11-7-19(26)29-24/h5,13,16,18,20H,4,6-12H2,1-3H3/t16?,18?,20?,22?,23?,24-/m1/s1. The average molecular weight is 398 g/mol. The molecule has 5 nitrogen and oxygen atoms in total. The number of esters is 2. The molecule has 2 saturated carbocycles. The Morgan fingerprint density at radius 1 is 1.17 bits per heavy atom. The van der Waals surface area contributed by atoms with Crippen LogP contribution in [0.15, 0.2) is 23.3 Å². The van der Waals surface area contributed by atoms with Gasteiger partial charge in [-0.15, -0.1) is 0 Å². The highest BCUT2D eigenvalue weighted by Crippen LogP contribution is 2.68. The van der Waals surface area contributed by atoms with Gasteiger partial charge in [0, 0.05) is 36.0 Å². The molecule has 6 atom stereocenters. The van der Waals surface area contributed by atoms with Crippen LogP contribution in [0.25, 0.3) is 0 Å². The van der Waals surface area contributed by atoms with E-state index in [1.54, 1.807) is 0 Å². The number of fused-ring (bicyclic) bond motifs is 6. The Morgan fingerprint density at radius 3 is 2.66 bits per heavy atom. The third kappa shape index (κ3) is 2.36. The van der Waals surface area contributed by atoms with Gasteiger partial charge in [0.2, 0.25) is 0 Å². The highest BCUT2D eigenvalue weighted by molar-refractivity contribution is 5.85. The van der Waals surface area contributed by atoms with Crippen LogP contribution in [0.1, 0.15) is 65.2 Å². The summed E-state index contributed by atoms with van der Waals surface area (Å²) in [6, 6.07) is 0. The fraction of sp³-hybridized carbons (Fsp3) is 0.708. The number of carbonyl (C=O) groups excluding carboxylic acids is 3. The maximum Gasteiger partial charge on any atom is 0.313 e. The molecule has 0 bridgehead atoms. The van der Waals surface area contributed by atoms with Gasteiger partial charge in [-0.05, 0) is 38.0 Å². The molecule has 1 heterocycles. The van der Waals surface area contributed by atoms with Gasteiger partial charge in [-0.3, -0.25) is 14.4 Å². The van der Waals surface area contributed by atoms with Crippen LogP contribution in [0.2, 0.25) is 0 Å². The first kappa shape index (κ1) is 19.1. The second-order valence-corrected chi connectivity index (χ2v) is 10.2. The normalized spacial score (nSPS) is 45.7. The Morgan fingerprint density at radius 2 is 1.97 bits per heavy atom. The van der Waals surface area contributed by atoms with Crippen LogP contribution in [0.5, 0.6) is 0 Å². The van der Waals surface area contributed by atoms with Gasteiger partial charge >= 0.3 is 11.9 Å². The first-order chi connectivity index (χ1) is 13.7. The molecular weight excluding hydrogens is 368 g/mol. The van der Waals surface area contributed by atoms with E-state index in [0.717, 1.165) is 37.7 Å². The zero-order valence-electron chi connectivity index (χ0n) is 17.6. The fourth-order valence-electron chi connectivity index (χ4n) is 7.45. The summed E-state index contributed by atoms with van der Waals surface area (Å²) in [6.07, 6.45) is 10.2. The number of ether oxygens (including phenoxy) is 2. The molecule has 3 fully saturated rings. The molecule has 5 unspecified atom stereocenters. The molecule has 5 rings (SSSR count). The summed E-state index contributed by atoms with van der Waals surface area (Å²) < 4.78 is 11.2. The van der Waals surface area contributed by atoms with Crippen molar-refractivity contribution in [1.82, 2.24) is 0 Å². The highest BCUT2D eigenvalue weighted by atomic mass is 16.6. The number of hydrogen-bond donors (Lipinski definition) is 0. The Labute approximate surface area is 171 Å². The van der Waals surface area contributed by atoms with Gasteiger partial charge in [0.05, 0.1) is 13.0 Å². The lowest BCUT2D eigenvalue weighted by atomic mass is 9.49. The molecule has 0 radical (unpaired) electrons. The predicted octanol–water partition coefficient (Wildman–Crippen LogP) is 3.91. The second-order valence-electron chi connectivity index (χ2n) is 10.2. The first-order valence-corrected chi connectivity index (χ1v) is 11.0. The number of allylic oxidation sites excluding steroid dienone is 3. The van der Waals surface area contributed by atoms with E-state index in [0.29, 0.717) is 19.3 Å². The minimum atomic E-state index is -0.398. The number of Topliss-reactive ketones (excluding diaryl/α,β-unsaturated/α-hetero) is 1. The molecule has 0 amide bonds. The summed E-state index contributed by atoms with van der Waals surface area (Å²) in [6.45, 7) is 4.51. The quantitative estimate of drug-likeness (QED) is 0.495. The minimum absolute atomic E-state index is 0.0572. The molecule has 0 N–H and O–H groups in total. The van der Waals surface area contributed by atoms with Crippen LogP contribution < -0.4 is 0 Å². The number of rotatable bonds is 1. The van der Waals surface area contributed by atoms with E-state index in [1.807, 2.05) is 0 Å². The highest BCUT2D eigenvalue weighted by Gasteiger charge is 2.66. The Kier molecular flexibility index (Phi) is 3.98. The average Bonchev–Trinajstić information content (AvgIpc) is 3.22. The molecule has 1 spiro atoms. The van der Waals surface area contributed by atoms with Gasteiger partial charge in [0.1, 0.15) is 11.4 Å². The van der Waals surface area contributed by atoms with Crippen molar-refractivity contribution in [2.45, 2.75) is 70.8 Å². The number of methoxy groups -OCH3 is 1. The van der Waals surface area contributed by atoms with Crippen LogP contribution in [0.3, 0.4) is 0 Å². The van der Waals surface area contributed by atoms with Crippen molar-refractivity contribution in [3.63, 3.8) is 0 Å². The van der Waals surface area contributed by atoms with Crippen molar-refractivity contribution >= 4 is 17.7 Å². The number of ketones is 1. The van der Waals surface area contributed by atoms with Crippen molar-refractivity contribution in [3.8, 4) is 0 Å². The number of hydrogen-bond acceptors (Lipinski definition) is 5. The Bertz CT molecular complexity index is 868. The lowest BCUT2D eigenvalue weighted by Gasteiger charge is -2.55. The summed E-state index contributed by atoms with van der Waals surface area (Å²) in [5.41, 5.74) is 1.71. The SMILES string of the molecule is COC(=O)C1C=C2CC(=O)CCC2(C)C2=CCC3(C)C(CC[C@@]34CCC(=O)O4)C21. The molecule has 0 aromatic carbocycles. The molecule has 5 aliphatic rings. The summed E-state index contributed by atoms with van der Waals surface area (Å²) >= 11 is 0. The van der Waals surface area contributed by atoms with E-state index in [1.165, 1.54) is 12.7 Å². The minimum Gasteiger partial charge on any atom is -0.469 e. The van der Waals surface area contributed by atoms with Gasteiger partial charge < -0.3 is 9.47 Å². The first-order valence-electron chi connectivity index (χ1n) is 11.0. The van der Waals surface area contributed by atoms with E-state index >= 15 is 0 Å². The van der Waals surface area contributed by atoms with Gasteiger partial charge in [-0.25, -0.2) is 0 Å². The van der Waals surface area contributed by atoms with E-state index in [4.69, 9.17) is 9.47 Å². The third-order valence-electron chi connectivity index (χ3n) is 9.18.